The van der Waals surface area contributed by atoms with Crippen molar-refractivity contribution >= 4 is 40.4 Å². The van der Waals surface area contributed by atoms with Crippen LogP contribution in [-0.4, -0.2) is 20.9 Å². The number of carbonyl (C=O) groups excluding carboxylic acids is 1. The van der Waals surface area contributed by atoms with Gasteiger partial charge in [-0.1, -0.05) is 36.4 Å². The molecule has 0 atom stereocenters. The summed E-state index contributed by atoms with van der Waals surface area (Å²) in [7, 11) is 0. The third-order valence-corrected chi connectivity index (χ3v) is 4.70. The van der Waals surface area contributed by atoms with Crippen LogP contribution in [-0.2, 0) is 11.3 Å². The summed E-state index contributed by atoms with van der Waals surface area (Å²) >= 11 is 0. The lowest BCUT2D eigenvalue weighted by Crippen LogP contribution is -2.21. The van der Waals surface area contributed by atoms with E-state index in [4.69, 9.17) is 5.73 Å². The first-order valence-corrected chi connectivity index (χ1v) is 10.1. The van der Waals surface area contributed by atoms with E-state index in [1.165, 1.54) is 13.3 Å². The van der Waals surface area contributed by atoms with Crippen LogP contribution in [0.2, 0.25) is 0 Å². The van der Waals surface area contributed by atoms with Gasteiger partial charge in [0, 0.05) is 24.5 Å². The second kappa shape index (κ2) is 9.57. The summed E-state index contributed by atoms with van der Waals surface area (Å²) in [5, 5.41) is 5.97. The average molecular weight is 425 g/mol. The number of pyridine rings is 1. The van der Waals surface area contributed by atoms with Crippen LogP contribution >= 0.6 is 0 Å². The van der Waals surface area contributed by atoms with E-state index >= 15 is 0 Å². The predicted molar refractivity (Wildman–Crippen MR) is 127 cm³/mol. The fraction of sp³-hybridized carbons (Fsp3) is 0.0833. The number of rotatable bonds is 7. The summed E-state index contributed by atoms with van der Waals surface area (Å²) in [6.07, 6.45) is 3.21. The predicted octanol–water partition coefficient (Wildman–Crippen LogP) is 4.49. The van der Waals surface area contributed by atoms with Gasteiger partial charge in [0.05, 0.1) is 6.54 Å². The van der Waals surface area contributed by atoms with E-state index < -0.39 is 0 Å². The number of nitrogens with zero attached hydrogens (tertiary/aromatic N) is 4. The lowest BCUT2D eigenvalue weighted by atomic mass is 10.2. The molecular formula is C24H23N7O. The number of carbonyl (C=O) groups is 1. The molecule has 0 aliphatic carbocycles. The molecule has 0 unspecified atom stereocenters. The molecule has 0 radical (unpaired) electrons. The Morgan fingerprint density at radius 1 is 0.906 bits per heavy atom. The lowest BCUT2D eigenvalue weighted by Gasteiger charge is -2.25. The number of nitrogen functional groups attached to an aromatic ring is 1. The SMILES string of the molecule is CC(=O)Nc1ccc(Nc2ncnc(N(Cc3ccccc3)c3ccccn3)c2N)cc1. The molecule has 1 amide bonds. The van der Waals surface area contributed by atoms with Crippen LogP contribution in [0.4, 0.5) is 34.5 Å². The fourth-order valence-corrected chi connectivity index (χ4v) is 3.22. The van der Waals surface area contributed by atoms with E-state index in [1.807, 2.05) is 65.6 Å². The van der Waals surface area contributed by atoms with Crippen LogP contribution in [0.5, 0.6) is 0 Å². The number of hydrogen-bond acceptors (Lipinski definition) is 7. The van der Waals surface area contributed by atoms with Crippen LogP contribution in [0.25, 0.3) is 0 Å². The molecule has 0 spiro atoms. The Kier molecular flexibility index (Phi) is 6.22. The summed E-state index contributed by atoms with van der Waals surface area (Å²) < 4.78 is 0. The molecular weight excluding hydrogens is 402 g/mol. The second-order valence-electron chi connectivity index (χ2n) is 7.10. The Morgan fingerprint density at radius 2 is 1.62 bits per heavy atom. The molecule has 8 nitrogen and oxygen atoms in total. The van der Waals surface area contributed by atoms with Gasteiger partial charge in [-0.2, -0.15) is 0 Å². The zero-order chi connectivity index (χ0) is 22.3. The van der Waals surface area contributed by atoms with Crippen molar-refractivity contribution in [2.45, 2.75) is 13.5 Å². The molecule has 2 aromatic carbocycles. The Labute approximate surface area is 186 Å². The van der Waals surface area contributed by atoms with Gasteiger partial charge in [0.1, 0.15) is 17.8 Å². The van der Waals surface area contributed by atoms with Gasteiger partial charge in [0.15, 0.2) is 11.6 Å². The van der Waals surface area contributed by atoms with E-state index in [9.17, 15) is 4.79 Å². The summed E-state index contributed by atoms with van der Waals surface area (Å²) in [6.45, 7) is 2.02. The molecule has 2 aromatic heterocycles. The first-order chi connectivity index (χ1) is 15.6. The molecule has 0 aliphatic heterocycles. The highest BCUT2D eigenvalue weighted by molar-refractivity contribution is 5.89. The van der Waals surface area contributed by atoms with Gasteiger partial charge in [-0.05, 0) is 42.0 Å². The van der Waals surface area contributed by atoms with Crippen molar-refractivity contribution in [3.05, 3.63) is 90.9 Å². The molecule has 160 valence electrons. The first kappa shape index (κ1) is 20.8. The van der Waals surface area contributed by atoms with Crippen LogP contribution < -0.4 is 21.3 Å². The first-order valence-electron chi connectivity index (χ1n) is 10.1. The quantitative estimate of drug-likeness (QED) is 0.400. The van der Waals surface area contributed by atoms with Crippen molar-refractivity contribution in [3.63, 3.8) is 0 Å². The lowest BCUT2D eigenvalue weighted by molar-refractivity contribution is -0.114. The minimum atomic E-state index is -0.122. The van der Waals surface area contributed by atoms with E-state index in [1.54, 1.807) is 18.3 Å². The Morgan fingerprint density at radius 3 is 2.31 bits per heavy atom. The third-order valence-electron chi connectivity index (χ3n) is 4.70. The molecule has 4 aromatic rings. The van der Waals surface area contributed by atoms with Crippen LogP contribution in [0, 0.1) is 0 Å². The molecule has 0 saturated carbocycles. The molecule has 0 saturated heterocycles. The van der Waals surface area contributed by atoms with Gasteiger partial charge in [-0.15, -0.1) is 0 Å². The molecule has 0 bridgehead atoms. The van der Waals surface area contributed by atoms with E-state index in [2.05, 4.69) is 25.6 Å². The Hall–Kier alpha value is -4.46. The highest BCUT2D eigenvalue weighted by Crippen LogP contribution is 2.33. The molecule has 32 heavy (non-hydrogen) atoms. The van der Waals surface area contributed by atoms with Crippen molar-refractivity contribution in [2.75, 3.05) is 21.3 Å². The highest BCUT2D eigenvalue weighted by atomic mass is 16.1. The van der Waals surface area contributed by atoms with Gasteiger partial charge in [-0.3, -0.25) is 4.79 Å². The summed E-state index contributed by atoms with van der Waals surface area (Å²) in [6, 6.07) is 23.0. The summed E-state index contributed by atoms with van der Waals surface area (Å²) in [4.78, 5) is 26.5. The average Bonchev–Trinajstić information content (AvgIpc) is 2.81. The van der Waals surface area contributed by atoms with Crippen molar-refractivity contribution < 1.29 is 4.79 Å². The minimum Gasteiger partial charge on any atom is -0.393 e. The number of nitrogens with two attached hydrogens (primary N) is 1. The second-order valence-corrected chi connectivity index (χ2v) is 7.10. The molecule has 4 rings (SSSR count). The number of amides is 1. The number of anilines is 6. The van der Waals surface area contributed by atoms with Gasteiger partial charge >= 0.3 is 0 Å². The van der Waals surface area contributed by atoms with Crippen molar-refractivity contribution in [1.82, 2.24) is 15.0 Å². The van der Waals surface area contributed by atoms with Gasteiger partial charge < -0.3 is 21.3 Å². The summed E-state index contributed by atoms with van der Waals surface area (Å²) in [5.74, 6) is 1.65. The van der Waals surface area contributed by atoms with Crippen LogP contribution in [0.3, 0.4) is 0 Å². The van der Waals surface area contributed by atoms with Crippen LogP contribution in [0.1, 0.15) is 12.5 Å². The van der Waals surface area contributed by atoms with E-state index in [0.717, 1.165) is 17.1 Å². The highest BCUT2D eigenvalue weighted by Gasteiger charge is 2.18. The maximum absolute atomic E-state index is 11.2. The Bertz CT molecular complexity index is 1180. The van der Waals surface area contributed by atoms with Crippen molar-refractivity contribution in [1.29, 1.82) is 0 Å². The maximum atomic E-state index is 11.2. The molecule has 8 heteroatoms. The van der Waals surface area contributed by atoms with Gasteiger partial charge in [0.25, 0.3) is 0 Å². The third kappa shape index (κ3) is 4.99. The minimum absolute atomic E-state index is 0.122. The monoisotopic (exact) mass is 425 g/mol. The number of hydrogen-bond donors (Lipinski definition) is 3. The number of nitrogens with one attached hydrogen (secondary N) is 2. The molecule has 2 heterocycles. The number of aromatic nitrogens is 3. The van der Waals surface area contributed by atoms with Crippen LogP contribution in [0.15, 0.2) is 85.3 Å². The largest absolute Gasteiger partial charge is 0.393 e. The van der Waals surface area contributed by atoms with Gasteiger partial charge in [-0.25, -0.2) is 15.0 Å². The standard InChI is InChI=1S/C24H23N7O/c1-17(32)29-19-10-12-20(13-11-19)30-23-22(25)24(28-16-27-23)31(21-9-5-6-14-26-21)15-18-7-3-2-4-8-18/h2-14,16H,15,25H2,1H3,(H,29,32)(H,27,28,30). The van der Waals surface area contributed by atoms with Crippen molar-refractivity contribution in [2.24, 2.45) is 0 Å². The topological polar surface area (TPSA) is 109 Å². The molecule has 4 N–H and O–H groups in total. The maximum Gasteiger partial charge on any atom is 0.221 e. The van der Waals surface area contributed by atoms with E-state index in [0.29, 0.717) is 29.6 Å². The van der Waals surface area contributed by atoms with Gasteiger partial charge in [0.2, 0.25) is 5.91 Å². The molecule has 0 fully saturated rings. The fourth-order valence-electron chi connectivity index (χ4n) is 3.22. The normalized spacial score (nSPS) is 10.4. The van der Waals surface area contributed by atoms with E-state index in [-0.39, 0.29) is 5.91 Å². The Balaban J connectivity index is 1.64. The zero-order valence-corrected chi connectivity index (χ0v) is 17.6. The molecule has 0 aliphatic rings. The zero-order valence-electron chi connectivity index (χ0n) is 17.6. The number of benzene rings is 2. The van der Waals surface area contributed by atoms with Crippen molar-refractivity contribution in [3.8, 4) is 0 Å². The smallest absolute Gasteiger partial charge is 0.221 e. The summed E-state index contributed by atoms with van der Waals surface area (Å²) in [5.41, 5.74) is 9.50.